The Morgan fingerprint density at radius 1 is 1.12 bits per heavy atom. The summed E-state index contributed by atoms with van der Waals surface area (Å²) in [5.74, 6) is 0.387. The monoisotopic (exact) mass is 323 g/mol. The van der Waals surface area contributed by atoms with E-state index in [0.717, 1.165) is 11.3 Å². The predicted octanol–water partition coefficient (Wildman–Crippen LogP) is 3.59. The first kappa shape index (κ1) is 15.8. The molecule has 1 N–H and O–H groups in total. The summed E-state index contributed by atoms with van der Waals surface area (Å²) >= 11 is 0. The van der Waals surface area contributed by atoms with Crippen LogP contribution in [0.2, 0.25) is 0 Å². The minimum Gasteiger partial charge on any atom is -0.493 e. The highest BCUT2D eigenvalue weighted by Gasteiger charge is 2.07. The molecule has 0 spiro atoms. The fraction of sp³-hybridized carbons (Fsp3) is 0.158. The van der Waals surface area contributed by atoms with Crippen molar-refractivity contribution in [1.29, 1.82) is 0 Å². The zero-order valence-electron chi connectivity index (χ0n) is 13.0. The van der Waals surface area contributed by atoms with Gasteiger partial charge in [0.2, 0.25) is 5.89 Å². The molecule has 0 amide bonds. The van der Waals surface area contributed by atoms with Gasteiger partial charge in [0.15, 0.2) is 0 Å². The average Bonchev–Trinajstić information content (AvgIpc) is 3.04. The van der Waals surface area contributed by atoms with Crippen LogP contribution in [0.25, 0.3) is 11.5 Å². The van der Waals surface area contributed by atoms with Crippen molar-refractivity contribution in [3.63, 3.8) is 0 Å². The summed E-state index contributed by atoms with van der Waals surface area (Å²) in [4.78, 5) is 15.2. The lowest BCUT2D eigenvalue weighted by Crippen LogP contribution is -2.03. The highest BCUT2D eigenvalue weighted by molar-refractivity contribution is 5.70. The van der Waals surface area contributed by atoms with E-state index in [9.17, 15) is 4.79 Å². The maximum Gasteiger partial charge on any atom is 0.307 e. The lowest BCUT2D eigenvalue weighted by Gasteiger charge is -2.06. The number of carbonyl (C=O) groups is 1. The van der Waals surface area contributed by atoms with Crippen LogP contribution >= 0.6 is 0 Å². The summed E-state index contributed by atoms with van der Waals surface area (Å²) in [5, 5.41) is 8.82. The molecule has 0 bridgehead atoms. The molecule has 122 valence electrons. The Balaban J connectivity index is 1.55. The number of benzene rings is 2. The zero-order valence-corrected chi connectivity index (χ0v) is 13.0. The largest absolute Gasteiger partial charge is 0.493 e. The van der Waals surface area contributed by atoms with Crippen LogP contribution in [0.1, 0.15) is 11.3 Å². The minimum atomic E-state index is -0.858. The van der Waals surface area contributed by atoms with Crippen molar-refractivity contribution in [2.45, 2.75) is 12.8 Å². The van der Waals surface area contributed by atoms with Gasteiger partial charge in [0, 0.05) is 12.0 Å². The summed E-state index contributed by atoms with van der Waals surface area (Å²) in [6.45, 7) is 0.442. The third-order valence-corrected chi connectivity index (χ3v) is 3.45. The molecule has 0 aliphatic heterocycles. The number of hydrogen-bond donors (Lipinski definition) is 1. The number of oxazole rings is 1. The van der Waals surface area contributed by atoms with E-state index in [-0.39, 0.29) is 6.42 Å². The SMILES string of the molecule is O=C(O)Cc1cccc(OCCc2coc(-c3ccccc3)n2)c1. The maximum atomic E-state index is 10.7. The van der Waals surface area contributed by atoms with Gasteiger partial charge < -0.3 is 14.3 Å². The molecule has 0 fully saturated rings. The highest BCUT2D eigenvalue weighted by Crippen LogP contribution is 2.19. The van der Waals surface area contributed by atoms with Gasteiger partial charge in [-0.15, -0.1) is 0 Å². The molecule has 0 atom stereocenters. The van der Waals surface area contributed by atoms with E-state index in [2.05, 4.69) is 4.98 Å². The molecule has 0 radical (unpaired) electrons. The second kappa shape index (κ2) is 7.46. The van der Waals surface area contributed by atoms with Gasteiger partial charge in [-0.1, -0.05) is 30.3 Å². The third kappa shape index (κ3) is 4.23. The van der Waals surface area contributed by atoms with Crippen LogP contribution in [0.15, 0.2) is 65.3 Å². The first-order valence-corrected chi connectivity index (χ1v) is 7.64. The van der Waals surface area contributed by atoms with Gasteiger partial charge in [0.25, 0.3) is 0 Å². The number of carboxylic acid groups (broad SMARTS) is 1. The first-order valence-electron chi connectivity index (χ1n) is 7.64. The van der Waals surface area contributed by atoms with Crippen LogP contribution in [-0.4, -0.2) is 22.7 Å². The van der Waals surface area contributed by atoms with Crippen LogP contribution in [0.4, 0.5) is 0 Å². The zero-order chi connectivity index (χ0) is 16.8. The highest BCUT2D eigenvalue weighted by atomic mass is 16.5. The molecular weight excluding hydrogens is 306 g/mol. The van der Waals surface area contributed by atoms with Gasteiger partial charge in [-0.2, -0.15) is 0 Å². The van der Waals surface area contributed by atoms with Crippen LogP contribution in [0.5, 0.6) is 5.75 Å². The molecule has 0 saturated heterocycles. The summed E-state index contributed by atoms with van der Waals surface area (Å²) in [6.07, 6.45) is 2.23. The molecule has 0 aliphatic carbocycles. The van der Waals surface area contributed by atoms with Gasteiger partial charge in [-0.25, -0.2) is 4.98 Å². The molecule has 0 saturated carbocycles. The molecule has 1 heterocycles. The Morgan fingerprint density at radius 3 is 2.75 bits per heavy atom. The fourth-order valence-electron chi connectivity index (χ4n) is 2.33. The van der Waals surface area contributed by atoms with E-state index >= 15 is 0 Å². The molecule has 5 heteroatoms. The second-order valence-electron chi connectivity index (χ2n) is 5.33. The Bertz CT molecular complexity index is 811. The topological polar surface area (TPSA) is 72.6 Å². The van der Waals surface area contributed by atoms with E-state index in [0.29, 0.717) is 30.2 Å². The normalized spacial score (nSPS) is 10.5. The van der Waals surface area contributed by atoms with E-state index in [1.807, 2.05) is 36.4 Å². The molecule has 1 aromatic heterocycles. The molecule has 3 rings (SSSR count). The number of carboxylic acids is 1. The van der Waals surface area contributed by atoms with Gasteiger partial charge in [-0.05, 0) is 29.8 Å². The van der Waals surface area contributed by atoms with Crippen molar-refractivity contribution in [3.05, 3.63) is 72.1 Å². The van der Waals surface area contributed by atoms with Gasteiger partial charge in [0.05, 0.1) is 18.7 Å². The predicted molar refractivity (Wildman–Crippen MR) is 88.9 cm³/mol. The van der Waals surface area contributed by atoms with Crippen LogP contribution in [0.3, 0.4) is 0 Å². The van der Waals surface area contributed by atoms with Gasteiger partial charge >= 0.3 is 5.97 Å². The molecule has 5 nitrogen and oxygen atoms in total. The number of nitrogens with zero attached hydrogens (tertiary/aromatic N) is 1. The smallest absolute Gasteiger partial charge is 0.307 e. The van der Waals surface area contributed by atoms with E-state index in [1.165, 1.54) is 0 Å². The lowest BCUT2D eigenvalue weighted by molar-refractivity contribution is -0.136. The first-order chi connectivity index (χ1) is 11.7. The van der Waals surface area contributed by atoms with Gasteiger partial charge in [0.1, 0.15) is 12.0 Å². The van der Waals surface area contributed by atoms with Crippen molar-refractivity contribution in [1.82, 2.24) is 4.98 Å². The number of ether oxygens (including phenoxy) is 1. The summed E-state index contributed by atoms with van der Waals surface area (Å²) in [6, 6.07) is 16.8. The average molecular weight is 323 g/mol. The van der Waals surface area contributed by atoms with Crippen molar-refractivity contribution in [2.24, 2.45) is 0 Å². The molecule has 2 aromatic carbocycles. The molecule has 3 aromatic rings. The van der Waals surface area contributed by atoms with Crippen molar-refractivity contribution in [2.75, 3.05) is 6.61 Å². The van der Waals surface area contributed by atoms with Crippen LogP contribution < -0.4 is 4.74 Å². The number of aliphatic carboxylic acids is 1. The van der Waals surface area contributed by atoms with Crippen molar-refractivity contribution >= 4 is 5.97 Å². The van der Waals surface area contributed by atoms with E-state index < -0.39 is 5.97 Å². The number of aromatic nitrogens is 1. The quantitative estimate of drug-likeness (QED) is 0.719. The fourth-order valence-corrected chi connectivity index (χ4v) is 2.33. The Hall–Kier alpha value is -3.08. The molecular formula is C19H17NO4. The summed E-state index contributed by atoms with van der Waals surface area (Å²) < 4.78 is 11.2. The maximum absolute atomic E-state index is 10.7. The Kier molecular flexibility index (Phi) is 4.91. The minimum absolute atomic E-state index is 0.0130. The second-order valence-corrected chi connectivity index (χ2v) is 5.33. The third-order valence-electron chi connectivity index (χ3n) is 3.45. The van der Waals surface area contributed by atoms with E-state index in [4.69, 9.17) is 14.3 Å². The molecule has 24 heavy (non-hydrogen) atoms. The van der Waals surface area contributed by atoms with Crippen molar-refractivity contribution in [3.8, 4) is 17.2 Å². The number of hydrogen-bond acceptors (Lipinski definition) is 4. The van der Waals surface area contributed by atoms with Crippen LogP contribution in [0, 0.1) is 0 Å². The Morgan fingerprint density at radius 2 is 1.96 bits per heavy atom. The lowest BCUT2D eigenvalue weighted by atomic mass is 10.1. The molecule has 0 aliphatic rings. The molecule has 0 unspecified atom stereocenters. The summed E-state index contributed by atoms with van der Waals surface area (Å²) in [5.41, 5.74) is 2.47. The van der Waals surface area contributed by atoms with Crippen molar-refractivity contribution < 1.29 is 19.1 Å². The summed E-state index contributed by atoms with van der Waals surface area (Å²) in [7, 11) is 0. The van der Waals surface area contributed by atoms with Crippen LogP contribution in [-0.2, 0) is 17.6 Å². The number of rotatable bonds is 7. The Labute approximate surface area is 139 Å². The standard InChI is InChI=1S/C19H17NO4/c21-18(22)12-14-5-4-8-17(11-14)23-10-9-16-13-24-19(20-16)15-6-2-1-3-7-15/h1-8,11,13H,9-10,12H2,(H,21,22). The van der Waals surface area contributed by atoms with E-state index in [1.54, 1.807) is 24.5 Å². The van der Waals surface area contributed by atoms with Gasteiger partial charge in [-0.3, -0.25) is 4.79 Å².